The first-order chi connectivity index (χ1) is 13.0. The van der Waals surface area contributed by atoms with Crippen LogP contribution in [0.1, 0.15) is 23.2 Å². The maximum absolute atomic E-state index is 13.9. The van der Waals surface area contributed by atoms with Gasteiger partial charge in [-0.1, -0.05) is 0 Å². The number of anilines is 3. The number of carbonyl (C=O) groups excluding carboxylic acids is 1. The Bertz CT molecular complexity index is 1050. The standard InChI is InChI=1S/C17H15F3N6O/c1-21-14-6-13(24-12-5-8(18)4-11(19)15(12)20)25-16-10(7-22-26(14)16)17(27)23-9-2-3-9/h4-7,9,21H,2-3H2,1H3,(H,23,27)(H,24,25). The number of benzene rings is 1. The quantitative estimate of drug-likeness (QED) is 0.597. The number of hydrogen-bond donors (Lipinski definition) is 3. The summed E-state index contributed by atoms with van der Waals surface area (Å²) in [6, 6.07) is 2.90. The van der Waals surface area contributed by atoms with E-state index >= 15 is 0 Å². The second kappa shape index (κ2) is 6.45. The summed E-state index contributed by atoms with van der Waals surface area (Å²) in [6.07, 6.45) is 3.24. The van der Waals surface area contributed by atoms with E-state index in [0.717, 1.165) is 18.9 Å². The summed E-state index contributed by atoms with van der Waals surface area (Å²) in [5.41, 5.74) is 0.0580. The van der Waals surface area contributed by atoms with Crippen LogP contribution in [0.2, 0.25) is 0 Å². The Hall–Kier alpha value is -3.30. The van der Waals surface area contributed by atoms with Gasteiger partial charge < -0.3 is 16.0 Å². The van der Waals surface area contributed by atoms with Crippen molar-refractivity contribution in [3.63, 3.8) is 0 Å². The van der Waals surface area contributed by atoms with Crippen LogP contribution in [0.4, 0.5) is 30.5 Å². The van der Waals surface area contributed by atoms with Crippen molar-refractivity contribution in [1.82, 2.24) is 19.9 Å². The zero-order valence-electron chi connectivity index (χ0n) is 14.2. The van der Waals surface area contributed by atoms with Gasteiger partial charge in [-0.05, 0) is 12.8 Å². The van der Waals surface area contributed by atoms with E-state index in [2.05, 4.69) is 26.0 Å². The fraction of sp³-hybridized carbons (Fsp3) is 0.235. The lowest BCUT2D eigenvalue weighted by Gasteiger charge is -2.11. The SMILES string of the molecule is CNc1cc(Nc2cc(F)cc(F)c2F)nc2c(C(=O)NC3CC3)cnn12. The van der Waals surface area contributed by atoms with Crippen molar-refractivity contribution in [2.75, 3.05) is 17.7 Å². The molecule has 0 radical (unpaired) electrons. The van der Waals surface area contributed by atoms with E-state index in [1.54, 1.807) is 7.05 Å². The van der Waals surface area contributed by atoms with Crippen LogP contribution in [-0.4, -0.2) is 33.6 Å². The molecule has 2 heterocycles. The molecule has 0 aliphatic heterocycles. The van der Waals surface area contributed by atoms with Crippen molar-refractivity contribution in [3.8, 4) is 0 Å². The third-order valence-corrected chi connectivity index (χ3v) is 4.14. The smallest absolute Gasteiger partial charge is 0.256 e. The zero-order chi connectivity index (χ0) is 19.1. The second-order valence-electron chi connectivity index (χ2n) is 6.19. The molecule has 1 aliphatic rings. The molecule has 27 heavy (non-hydrogen) atoms. The fourth-order valence-electron chi connectivity index (χ4n) is 2.64. The topological polar surface area (TPSA) is 83.3 Å². The summed E-state index contributed by atoms with van der Waals surface area (Å²) in [5, 5.41) is 12.4. The molecular weight excluding hydrogens is 361 g/mol. The van der Waals surface area contributed by atoms with Gasteiger partial charge in [0.05, 0.1) is 11.9 Å². The minimum absolute atomic E-state index is 0.0942. The Balaban J connectivity index is 1.76. The minimum Gasteiger partial charge on any atom is -0.373 e. The molecule has 2 aromatic heterocycles. The van der Waals surface area contributed by atoms with Crippen molar-refractivity contribution in [2.45, 2.75) is 18.9 Å². The minimum atomic E-state index is -1.32. The third-order valence-electron chi connectivity index (χ3n) is 4.14. The first-order valence-electron chi connectivity index (χ1n) is 8.25. The Kier molecular flexibility index (Phi) is 4.09. The molecule has 1 amide bonds. The van der Waals surface area contributed by atoms with Crippen LogP contribution in [0.3, 0.4) is 0 Å². The second-order valence-corrected chi connectivity index (χ2v) is 6.19. The van der Waals surface area contributed by atoms with Gasteiger partial charge >= 0.3 is 0 Å². The van der Waals surface area contributed by atoms with Gasteiger partial charge in [-0.2, -0.15) is 9.61 Å². The van der Waals surface area contributed by atoms with E-state index in [1.165, 1.54) is 16.8 Å². The van der Waals surface area contributed by atoms with Gasteiger partial charge in [-0.25, -0.2) is 18.2 Å². The van der Waals surface area contributed by atoms with Gasteiger partial charge in [0.1, 0.15) is 23.0 Å². The molecule has 0 spiro atoms. The van der Waals surface area contributed by atoms with E-state index in [0.29, 0.717) is 11.9 Å². The Morgan fingerprint density at radius 1 is 1.22 bits per heavy atom. The number of rotatable bonds is 5. The predicted octanol–water partition coefficient (Wildman–Crippen LogP) is 2.82. The van der Waals surface area contributed by atoms with E-state index in [9.17, 15) is 18.0 Å². The average molecular weight is 376 g/mol. The summed E-state index contributed by atoms with van der Waals surface area (Å²) in [4.78, 5) is 16.6. The highest BCUT2D eigenvalue weighted by molar-refractivity contribution is 6.00. The van der Waals surface area contributed by atoms with Crippen LogP contribution >= 0.6 is 0 Å². The van der Waals surface area contributed by atoms with Crippen molar-refractivity contribution < 1.29 is 18.0 Å². The summed E-state index contributed by atoms with van der Waals surface area (Å²) in [6.45, 7) is 0. The number of amides is 1. The zero-order valence-corrected chi connectivity index (χ0v) is 14.2. The number of halogens is 3. The highest BCUT2D eigenvalue weighted by Crippen LogP contribution is 2.26. The monoisotopic (exact) mass is 376 g/mol. The van der Waals surface area contributed by atoms with Gasteiger partial charge in [-0.15, -0.1) is 0 Å². The lowest BCUT2D eigenvalue weighted by molar-refractivity contribution is 0.0952. The van der Waals surface area contributed by atoms with Crippen LogP contribution in [0.5, 0.6) is 0 Å². The number of nitrogens with one attached hydrogen (secondary N) is 3. The van der Waals surface area contributed by atoms with Crippen LogP contribution in [0.25, 0.3) is 5.65 Å². The number of fused-ring (bicyclic) bond motifs is 1. The van der Waals surface area contributed by atoms with Gasteiger partial charge in [0.15, 0.2) is 17.3 Å². The molecule has 1 saturated carbocycles. The normalized spacial score (nSPS) is 13.6. The molecule has 10 heteroatoms. The molecule has 0 saturated heterocycles. The molecule has 1 aromatic carbocycles. The number of aromatic nitrogens is 3. The van der Waals surface area contributed by atoms with Gasteiger partial charge in [0, 0.05) is 31.3 Å². The van der Waals surface area contributed by atoms with Crippen LogP contribution < -0.4 is 16.0 Å². The Morgan fingerprint density at radius 2 is 2.00 bits per heavy atom. The molecule has 140 valence electrons. The molecule has 1 fully saturated rings. The Morgan fingerprint density at radius 3 is 2.70 bits per heavy atom. The molecule has 0 bridgehead atoms. The lowest BCUT2D eigenvalue weighted by atomic mass is 10.2. The molecule has 4 rings (SSSR count). The van der Waals surface area contributed by atoms with E-state index in [-0.39, 0.29) is 29.0 Å². The van der Waals surface area contributed by atoms with Crippen molar-refractivity contribution >= 4 is 28.9 Å². The number of hydrogen-bond acceptors (Lipinski definition) is 5. The van der Waals surface area contributed by atoms with Gasteiger partial charge in [0.25, 0.3) is 5.91 Å². The summed E-state index contributed by atoms with van der Waals surface area (Å²) in [5.74, 6) is -3.25. The Labute approximate surface area is 151 Å². The largest absolute Gasteiger partial charge is 0.373 e. The van der Waals surface area contributed by atoms with E-state index < -0.39 is 23.1 Å². The molecule has 1 aliphatic carbocycles. The molecule has 3 aromatic rings. The lowest BCUT2D eigenvalue weighted by Crippen LogP contribution is -2.25. The maximum Gasteiger partial charge on any atom is 0.256 e. The van der Waals surface area contributed by atoms with Crippen LogP contribution in [-0.2, 0) is 0 Å². The number of carbonyl (C=O) groups is 1. The highest BCUT2D eigenvalue weighted by atomic mass is 19.2. The fourth-order valence-corrected chi connectivity index (χ4v) is 2.64. The van der Waals surface area contributed by atoms with Crippen molar-refractivity contribution in [1.29, 1.82) is 0 Å². The summed E-state index contributed by atoms with van der Waals surface area (Å²) in [7, 11) is 1.63. The molecular formula is C17H15F3N6O. The van der Waals surface area contributed by atoms with E-state index in [1.807, 2.05) is 0 Å². The molecule has 0 unspecified atom stereocenters. The van der Waals surface area contributed by atoms with Crippen LogP contribution in [0.15, 0.2) is 24.4 Å². The summed E-state index contributed by atoms with van der Waals surface area (Å²) >= 11 is 0. The van der Waals surface area contributed by atoms with Crippen molar-refractivity contribution in [3.05, 3.63) is 47.4 Å². The molecule has 3 N–H and O–H groups in total. The number of nitrogens with zero attached hydrogens (tertiary/aromatic N) is 3. The van der Waals surface area contributed by atoms with Crippen LogP contribution in [0, 0.1) is 17.5 Å². The van der Waals surface area contributed by atoms with Gasteiger partial charge in [0.2, 0.25) is 0 Å². The average Bonchev–Trinajstić information content (AvgIpc) is 3.34. The third kappa shape index (κ3) is 3.25. The van der Waals surface area contributed by atoms with E-state index in [4.69, 9.17) is 0 Å². The van der Waals surface area contributed by atoms with Gasteiger partial charge in [-0.3, -0.25) is 4.79 Å². The van der Waals surface area contributed by atoms with Crippen molar-refractivity contribution in [2.24, 2.45) is 0 Å². The first kappa shape index (κ1) is 17.1. The first-order valence-corrected chi connectivity index (χ1v) is 8.25. The predicted molar refractivity (Wildman–Crippen MR) is 92.6 cm³/mol. The summed E-state index contributed by atoms with van der Waals surface area (Å²) < 4.78 is 42.2. The molecule has 7 nitrogen and oxygen atoms in total. The highest BCUT2D eigenvalue weighted by Gasteiger charge is 2.26. The maximum atomic E-state index is 13.9. The molecule has 0 atom stereocenters.